The number of benzene rings is 2. The molecule has 0 radical (unpaired) electrons. The maximum absolute atomic E-state index is 11.5. The highest BCUT2D eigenvalue weighted by Crippen LogP contribution is 2.32. The SMILES string of the molecule is COC(=O)Cc1cc(Br)ccc1Sc1ccccc1. The molecule has 98 valence electrons. The van der Waals surface area contributed by atoms with Gasteiger partial charge >= 0.3 is 5.97 Å². The van der Waals surface area contributed by atoms with Crippen molar-refractivity contribution in [2.75, 3.05) is 7.11 Å². The smallest absolute Gasteiger partial charge is 0.310 e. The molecule has 2 aromatic rings. The van der Waals surface area contributed by atoms with Gasteiger partial charge in [0.15, 0.2) is 0 Å². The first kappa shape index (κ1) is 14.2. The number of methoxy groups -OCH3 is 1. The molecule has 0 aliphatic rings. The Kier molecular flexibility index (Phi) is 5.05. The summed E-state index contributed by atoms with van der Waals surface area (Å²) >= 11 is 5.08. The van der Waals surface area contributed by atoms with E-state index in [1.807, 2.05) is 36.4 Å². The van der Waals surface area contributed by atoms with E-state index in [1.165, 1.54) is 7.11 Å². The van der Waals surface area contributed by atoms with Gasteiger partial charge in [-0.2, -0.15) is 0 Å². The van der Waals surface area contributed by atoms with E-state index in [2.05, 4.69) is 28.1 Å². The average molecular weight is 337 g/mol. The standard InChI is InChI=1S/C15H13BrO2S/c1-18-15(17)10-11-9-12(16)7-8-14(11)19-13-5-3-2-4-6-13/h2-9H,10H2,1H3. The molecule has 0 amide bonds. The van der Waals surface area contributed by atoms with Crippen LogP contribution in [0.2, 0.25) is 0 Å². The Morgan fingerprint density at radius 3 is 2.63 bits per heavy atom. The Bertz CT molecular complexity index is 570. The van der Waals surface area contributed by atoms with Crippen molar-refractivity contribution in [3.63, 3.8) is 0 Å². The van der Waals surface area contributed by atoms with Gasteiger partial charge in [-0.15, -0.1) is 0 Å². The van der Waals surface area contributed by atoms with Gasteiger partial charge in [-0.1, -0.05) is 45.9 Å². The van der Waals surface area contributed by atoms with Crippen molar-refractivity contribution in [2.45, 2.75) is 16.2 Å². The molecule has 0 N–H and O–H groups in total. The fourth-order valence-electron chi connectivity index (χ4n) is 1.63. The van der Waals surface area contributed by atoms with Crippen LogP contribution in [0.4, 0.5) is 0 Å². The summed E-state index contributed by atoms with van der Waals surface area (Å²) in [6.07, 6.45) is 0.283. The predicted octanol–water partition coefficient (Wildman–Crippen LogP) is 4.32. The van der Waals surface area contributed by atoms with Gasteiger partial charge in [0.2, 0.25) is 0 Å². The third kappa shape index (κ3) is 4.11. The third-order valence-corrected chi connectivity index (χ3v) is 4.18. The molecule has 2 rings (SSSR count). The van der Waals surface area contributed by atoms with Crippen molar-refractivity contribution in [3.05, 3.63) is 58.6 Å². The summed E-state index contributed by atoms with van der Waals surface area (Å²) in [6, 6.07) is 16.0. The number of carbonyl (C=O) groups is 1. The summed E-state index contributed by atoms with van der Waals surface area (Å²) < 4.78 is 5.70. The van der Waals surface area contributed by atoms with Crippen molar-refractivity contribution < 1.29 is 9.53 Å². The van der Waals surface area contributed by atoms with E-state index < -0.39 is 0 Å². The maximum atomic E-state index is 11.5. The van der Waals surface area contributed by atoms with Crippen LogP contribution in [0.25, 0.3) is 0 Å². The molecule has 2 nitrogen and oxygen atoms in total. The molecule has 19 heavy (non-hydrogen) atoms. The molecule has 2 aromatic carbocycles. The van der Waals surface area contributed by atoms with Gasteiger partial charge in [0, 0.05) is 14.3 Å². The summed E-state index contributed by atoms with van der Waals surface area (Å²) in [5.74, 6) is -0.229. The Labute approximate surface area is 125 Å². The minimum Gasteiger partial charge on any atom is -0.469 e. The molecular weight excluding hydrogens is 324 g/mol. The average Bonchev–Trinajstić information content (AvgIpc) is 2.43. The Morgan fingerprint density at radius 1 is 1.21 bits per heavy atom. The van der Waals surface area contributed by atoms with Crippen LogP contribution >= 0.6 is 27.7 Å². The van der Waals surface area contributed by atoms with Crippen molar-refractivity contribution in [2.24, 2.45) is 0 Å². The van der Waals surface area contributed by atoms with E-state index in [9.17, 15) is 4.79 Å². The summed E-state index contributed by atoms with van der Waals surface area (Å²) in [6.45, 7) is 0. The van der Waals surface area contributed by atoms with Gasteiger partial charge in [-0.25, -0.2) is 0 Å². The first-order valence-electron chi connectivity index (χ1n) is 5.77. The number of carbonyl (C=O) groups excluding carboxylic acids is 1. The zero-order valence-electron chi connectivity index (χ0n) is 10.4. The minimum atomic E-state index is -0.229. The van der Waals surface area contributed by atoms with E-state index in [0.29, 0.717) is 0 Å². The molecule has 0 saturated heterocycles. The quantitative estimate of drug-likeness (QED) is 0.778. The Balaban J connectivity index is 2.26. The van der Waals surface area contributed by atoms with Gasteiger partial charge in [-0.3, -0.25) is 4.79 Å². The number of rotatable bonds is 4. The first-order valence-corrected chi connectivity index (χ1v) is 7.38. The van der Waals surface area contributed by atoms with E-state index in [0.717, 1.165) is 19.8 Å². The van der Waals surface area contributed by atoms with Crippen LogP contribution in [-0.4, -0.2) is 13.1 Å². The number of halogens is 1. The van der Waals surface area contributed by atoms with E-state index in [1.54, 1.807) is 11.8 Å². The highest BCUT2D eigenvalue weighted by Gasteiger charge is 2.10. The van der Waals surface area contributed by atoms with Gasteiger partial charge in [0.05, 0.1) is 13.5 Å². The summed E-state index contributed by atoms with van der Waals surface area (Å²) in [7, 11) is 1.41. The summed E-state index contributed by atoms with van der Waals surface area (Å²) in [4.78, 5) is 13.7. The maximum Gasteiger partial charge on any atom is 0.310 e. The molecule has 0 saturated carbocycles. The molecule has 4 heteroatoms. The van der Waals surface area contributed by atoms with Crippen molar-refractivity contribution in [1.82, 2.24) is 0 Å². The molecular formula is C15H13BrO2S. The lowest BCUT2D eigenvalue weighted by Crippen LogP contribution is -2.05. The molecule has 0 atom stereocenters. The Hall–Kier alpha value is -1.26. The molecule has 0 aliphatic carbocycles. The van der Waals surface area contributed by atoms with Crippen LogP contribution in [-0.2, 0) is 16.0 Å². The molecule has 0 unspecified atom stereocenters. The molecule has 0 aromatic heterocycles. The monoisotopic (exact) mass is 336 g/mol. The molecule has 0 fully saturated rings. The normalized spacial score (nSPS) is 10.2. The van der Waals surface area contributed by atoms with Crippen LogP contribution < -0.4 is 0 Å². The van der Waals surface area contributed by atoms with Gasteiger partial charge in [0.1, 0.15) is 0 Å². The lowest BCUT2D eigenvalue weighted by Gasteiger charge is -2.09. The van der Waals surface area contributed by atoms with Crippen molar-refractivity contribution in [1.29, 1.82) is 0 Å². The predicted molar refractivity (Wildman–Crippen MR) is 80.4 cm³/mol. The molecule has 0 heterocycles. The first-order chi connectivity index (χ1) is 9.19. The van der Waals surface area contributed by atoms with E-state index in [4.69, 9.17) is 4.74 Å². The van der Waals surface area contributed by atoms with Gasteiger partial charge < -0.3 is 4.74 Å². The number of esters is 1. The van der Waals surface area contributed by atoms with Crippen molar-refractivity contribution in [3.8, 4) is 0 Å². The third-order valence-electron chi connectivity index (χ3n) is 2.56. The number of hydrogen-bond donors (Lipinski definition) is 0. The van der Waals surface area contributed by atoms with Crippen LogP contribution in [0.1, 0.15) is 5.56 Å². The second-order valence-corrected chi connectivity index (χ2v) is 5.95. The Morgan fingerprint density at radius 2 is 1.95 bits per heavy atom. The van der Waals surface area contributed by atoms with Crippen molar-refractivity contribution >= 4 is 33.7 Å². The zero-order valence-corrected chi connectivity index (χ0v) is 12.8. The van der Waals surface area contributed by atoms with Crippen LogP contribution in [0, 0.1) is 0 Å². The van der Waals surface area contributed by atoms with Gasteiger partial charge in [-0.05, 0) is 35.9 Å². The number of hydrogen-bond acceptors (Lipinski definition) is 3. The topological polar surface area (TPSA) is 26.3 Å². The number of ether oxygens (including phenoxy) is 1. The second-order valence-electron chi connectivity index (χ2n) is 3.92. The summed E-state index contributed by atoms with van der Waals surface area (Å²) in [5.41, 5.74) is 0.968. The lowest BCUT2D eigenvalue weighted by atomic mass is 10.1. The van der Waals surface area contributed by atoms with Crippen LogP contribution in [0.3, 0.4) is 0 Å². The molecule has 0 aliphatic heterocycles. The van der Waals surface area contributed by atoms with E-state index >= 15 is 0 Å². The lowest BCUT2D eigenvalue weighted by molar-refractivity contribution is -0.139. The molecule has 0 bridgehead atoms. The highest BCUT2D eigenvalue weighted by atomic mass is 79.9. The zero-order chi connectivity index (χ0) is 13.7. The van der Waals surface area contributed by atoms with Crippen LogP contribution in [0.5, 0.6) is 0 Å². The fraction of sp³-hybridized carbons (Fsp3) is 0.133. The highest BCUT2D eigenvalue weighted by molar-refractivity contribution is 9.10. The van der Waals surface area contributed by atoms with Crippen LogP contribution in [0.15, 0.2) is 62.8 Å². The van der Waals surface area contributed by atoms with Gasteiger partial charge in [0.25, 0.3) is 0 Å². The molecule has 0 spiro atoms. The largest absolute Gasteiger partial charge is 0.469 e. The van der Waals surface area contributed by atoms with E-state index in [-0.39, 0.29) is 12.4 Å². The minimum absolute atomic E-state index is 0.229. The fourth-order valence-corrected chi connectivity index (χ4v) is 2.98. The second kappa shape index (κ2) is 6.78. The summed E-state index contributed by atoms with van der Waals surface area (Å²) in [5, 5.41) is 0.